The maximum absolute atomic E-state index is 16.5. The molecular weight excluding hydrogens is 684 g/mol. The summed E-state index contributed by atoms with van der Waals surface area (Å²) >= 11 is 0. The summed E-state index contributed by atoms with van der Waals surface area (Å²) in [6.07, 6.45) is 3.94. The summed E-state index contributed by atoms with van der Waals surface area (Å²) in [5.74, 6) is -1.41. The SMILES string of the molecule is C[C@H]1[C@H]([Si](C)(C)F)[C@@H](CC(=O)N2CCC[C@H]2CO)O[C@]12C(=O)N(Cc1ccc(NC(=O)[C@H]3CCCN3)cc1)c1ccc(NC(=O)[C@H]3CCCN3)cc12. The molecule has 4 amide bonds. The van der Waals surface area contributed by atoms with Gasteiger partial charge in [0.2, 0.25) is 26.1 Å². The summed E-state index contributed by atoms with van der Waals surface area (Å²) in [7, 11) is -3.54. The van der Waals surface area contributed by atoms with Crippen molar-refractivity contribution < 1.29 is 33.1 Å². The average Bonchev–Trinajstić information content (AvgIpc) is 3.96. The van der Waals surface area contributed by atoms with Crippen LogP contribution in [-0.2, 0) is 36.1 Å². The van der Waals surface area contributed by atoms with Gasteiger partial charge in [-0.25, -0.2) is 0 Å². The highest BCUT2D eigenvalue weighted by Crippen LogP contribution is 2.60. The van der Waals surface area contributed by atoms with Gasteiger partial charge in [-0.3, -0.25) is 19.2 Å². The van der Waals surface area contributed by atoms with Crippen molar-refractivity contribution in [3.8, 4) is 0 Å². The van der Waals surface area contributed by atoms with Crippen molar-refractivity contribution in [2.24, 2.45) is 5.92 Å². The predicted octanol–water partition coefficient (Wildman–Crippen LogP) is 3.76. The molecule has 12 nitrogen and oxygen atoms in total. The fraction of sp³-hybridized carbons (Fsp3) is 0.579. The number of hydrogen-bond acceptors (Lipinski definition) is 8. The van der Waals surface area contributed by atoms with E-state index in [0.29, 0.717) is 35.6 Å². The third-order valence-corrected chi connectivity index (χ3v) is 14.3. The third-order valence-electron chi connectivity index (χ3n) is 11.8. The summed E-state index contributed by atoms with van der Waals surface area (Å²) in [6.45, 7) is 7.23. The van der Waals surface area contributed by atoms with Crippen molar-refractivity contribution in [1.29, 1.82) is 0 Å². The summed E-state index contributed by atoms with van der Waals surface area (Å²) in [6, 6.07) is 11.9. The number of benzene rings is 2. The van der Waals surface area contributed by atoms with Gasteiger partial charge in [0.1, 0.15) is 0 Å². The molecule has 280 valence electrons. The minimum absolute atomic E-state index is 0.0756. The molecule has 0 radical (unpaired) electrons. The standard InChI is InChI=1S/C38H51FN6O6Si/c1-23-34(52(2,3)39)32(20-33(47)44-18-6-7-27(44)22-46)51-38(23)28-19-26(43-36(49)30-9-5-17-41-30)14-15-31(28)45(37(38)50)21-24-10-12-25(13-11-24)42-35(48)29-8-4-16-40-29/h10-15,19,23,27,29-30,32,34,40-41,46H,4-9,16-18,20-22H2,1-3H3,(H,42,48)(H,43,49)/t23-,27-,29+,30+,32+,34-,38+/m0/s1. The molecule has 7 rings (SSSR count). The number of carbonyl (C=O) groups excluding carboxylic acids is 4. The Hall–Kier alpha value is -3.69. The zero-order valence-corrected chi connectivity index (χ0v) is 31.3. The number of amides is 4. The van der Waals surface area contributed by atoms with Gasteiger partial charge in [-0.05, 0) is 101 Å². The fourth-order valence-electron chi connectivity index (χ4n) is 9.28. The maximum Gasteiger partial charge on any atom is 0.264 e. The van der Waals surface area contributed by atoms with E-state index in [1.807, 2.05) is 31.2 Å². The molecule has 5 heterocycles. The van der Waals surface area contributed by atoms with Gasteiger partial charge >= 0.3 is 0 Å². The van der Waals surface area contributed by atoms with E-state index in [1.54, 1.807) is 41.1 Å². The minimum Gasteiger partial charge on any atom is -0.394 e. The van der Waals surface area contributed by atoms with E-state index in [0.717, 1.165) is 50.8 Å². The van der Waals surface area contributed by atoms with Crippen LogP contribution in [0.2, 0.25) is 18.6 Å². The van der Waals surface area contributed by atoms with Gasteiger partial charge in [0.15, 0.2) is 5.60 Å². The molecule has 5 N–H and O–H groups in total. The summed E-state index contributed by atoms with van der Waals surface area (Å²) in [4.78, 5) is 57.8. The second kappa shape index (κ2) is 14.6. The van der Waals surface area contributed by atoms with Crippen LogP contribution >= 0.6 is 0 Å². The van der Waals surface area contributed by atoms with Crippen molar-refractivity contribution >= 4 is 49.1 Å². The number of hydrogen-bond donors (Lipinski definition) is 5. The fourth-order valence-corrected chi connectivity index (χ4v) is 11.8. The van der Waals surface area contributed by atoms with Crippen molar-refractivity contribution in [3.63, 3.8) is 0 Å². The first-order valence-corrected chi connectivity index (χ1v) is 21.8. The molecule has 52 heavy (non-hydrogen) atoms. The minimum atomic E-state index is -3.54. The molecule has 0 bridgehead atoms. The Morgan fingerprint density at radius 2 is 1.60 bits per heavy atom. The molecule has 2 aromatic rings. The normalized spacial score (nSPS) is 30.0. The number of halogens is 1. The first-order chi connectivity index (χ1) is 24.9. The van der Waals surface area contributed by atoms with Crippen LogP contribution in [0.25, 0.3) is 0 Å². The van der Waals surface area contributed by atoms with E-state index in [1.165, 1.54) is 0 Å². The Morgan fingerprint density at radius 1 is 0.962 bits per heavy atom. The van der Waals surface area contributed by atoms with Gasteiger partial charge in [-0.1, -0.05) is 19.1 Å². The zero-order chi connectivity index (χ0) is 36.8. The van der Waals surface area contributed by atoms with E-state index in [9.17, 15) is 24.3 Å². The van der Waals surface area contributed by atoms with E-state index in [2.05, 4.69) is 21.3 Å². The van der Waals surface area contributed by atoms with Crippen LogP contribution in [0.3, 0.4) is 0 Å². The van der Waals surface area contributed by atoms with Crippen LogP contribution in [-0.4, -0.2) is 92.5 Å². The van der Waals surface area contributed by atoms with Crippen molar-refractivity contribution in [1.82, 2.24) is 15.5 Å². The summed E-state index contributed by atoms with van der Waals surface area (Å²) in [5.41, 5.74) is 0.860. The Balaban J connectivity index is 1.20. The van der Waals surface area contributed by atoms with E-state index in [-0.39, 0.29) is 61.3 Å². The number of nitrogens with zero attached hydrogens (tertiary/aromatic N) is 2. The number of rotatable bonds is 10. The third kappa shape index (κ3) is 6.79. The lowest BCUT2D eigenvalue weighted by atomic mass is 9.82. The predicted molar refractivity (Wildman–Crippen MR) is 198 cm³/mol. The molecule has 7 atom stereocenters. The molecule has 1 spiro atoms. The van der Waals surface area contributed by atoms with Gasteiger partial charge in [0, 0.05) is 34.9 Å². The number of anilines is 3. The highest BCUT2D eigenvalue weighted by atomic mass is 28.4. The maximum atomic E-state index is 16.5. The number of aliphatic hydroxyl groups is 1. The Morgan fingerprint density at radius 3 is 2.19 bits per heavy atom. The van der Waals surface area contributed by atoms with Crippen LogP contribution in [0.15, 0.2) is 42.5 Å². The second-order valence-electron chi connectivity index (χ2n) is 15.6. The van der Waals surface area contributed by atoms with Gasteiger partial charge in [-0.2, -0.15) is 0 Å². The smallest absolute Gasteiger partial charge is 0.264 e. The quantitative estimate of drug-likeness (QED) is 0.183. The lowest BCUT2D eigenvalue weighted by molar-refractivity contribution is -0.150. The second-order valence-corrected chi connectivity index (χ2v) is 19.4. The van der Waals surface area contributed by atoms with Crippen molar-refractivity contribution in [2.45, 2.75) is 107 Å². The first-order valence-electron chi connectivity index (χ1n) is 18.8. The first kappa shape index (κ1) is 36.7. The molecule has 5 aliphatic rings. The highest BCUT2D eigenvalue weighted by Gasteiger charge is 2.67. The van der Waals surface area contributed by atoms with Crippen molar-refractivity contribution in [2.75, 3.05) is 41.8 Å². The molecule has 14 heteroatoms. The van der Waals surface area contributed by atoms with Gasteiger partial charge < -0.3 is 45.0 Å². The van der Waals surface area contributed by atoms with Gasteiger partial charge in [-0.15, -0.1) is 0 Å². The number of likely N-dealkylation sites (tertiary alicyclic amines) is 1. The number of carbonyl (C=O) groups is 4. The molecular formula is C38H51FN6O6Si. The Kier molecular flexibility index (Phi) is 10.3. The molecule has 2 aromatic carbocycles. The zero-order valence-electron chi connectivity index (χ0n) is 30.3. The van der Waals surface area contributed by atoms with Gasteiger partial charge in [0.25, 0.3) is 5.91 Å². The van der Waals surface area contributed by atoms with Crippen molar-refractivity contribution in [3.05, 3.63) is 53.6 Å². The largest absolute Gasteiger partial charge is 0.394 e. The lowest BCUT2D eigenvalue weighted by Crippen LogP contribution is -2.45. The molecule has 0 aliphatic carbocycles. The number of nitrogens with one attached hydrogen (secondary N) is 4. The average molecular weight is 735 g/mol. The van der Waals surface area contributed by atoms with E-state index < -0.39 is 31.6 Å². The molecule has 0 aromatic heterocycles. The van der Waals surface area contributed by atoms with Crippen LogP contribution in [0, 0.1) is 5.92 Å². The Labute approximate surface area is 305 Å². The topological polar surface area (TPSA) is 152 Å². The number of aliphatic hydroxyl groups excluding tert-OH is 1. The molecule has 0 unspecified atom stereocenters. The monoisotopic (exact) mass is 734 g/mol. The highest BCUT2D eigenvalue weighted by molar-refractivity contribution is 6.72. The lowest BCUT2D eigenvalue weighted by Gasteiger charge is -2.31. The molecule has 0 saturated carbocycles. The van der Waals surface area contributed by atoms with E-state index in [4.69, 9.17) is 4.74 Å². The van der Waals surface area contributed by atoms with Gasteiger partial charge in [0.05, 0.1) is 49.5 Å². The molecule has 4 saturated heterocycles. The Bertz CT molecular complexity index is 1690. The summed E-state index contributed by atoms with van der Waals surface area (Å²) in [5, 5.41) is 22.3. The van der Waals surface area contributed by atoms with Crippen LogP contribution < -0.4 is 26.2 Å². The molecule has 4 fully saturated rings. The number of fused-ring (bicyclic) bond motifs is 2. The van der Waals surface area contributed by atoms with Crippen LogP contribution in [0.1, 0.15) is 63.0 Å². The number of ether oxygens (including phenoxy) is 1. The van der Waals surface area contributed by atoms with E-state index >= 15 is 4.11 Å². The summed E-state index contributed by atoms with van der Waals surface area (Å²) < 4.78 is 23.3. The van der Waals surface area contributed by atoms with Crippen LogP contribution in [0.4, 0.5) is 21.2 Å². The van der Waals surface area contributed by atoms with Crippen LogP contribution in [0.5, 0.6) is 0 Å². The molecule has 5 aliphatic heterocycles.